The Kier molecular flexibility index (Phi) is 5.41. The van der Waals surface area contributed by atoms with Gasteiger partial charge in [0.1, 0.15) is 11.4 Å². The summed E-state index contributed by atoms with van der Waals surface area (Å²) in [6.45, 7) is 6.18. The Morgan fingerprint density at radius 2 is 1.85 bits per heavy atom. The number of hydrogen-bond donors (Lipinski definition) is 1. The van der Waals surface area contributed by atoms with Crippen LogP contribution in [0.1, 0.15) is 34.2 Å². The van der Waals surface area contributed by atoms with Crippen molar-refractivity contribution >= 4 is 17.9 Å². The smallest absolute Gasteiger partial charge is 0.338 e. The molecule has 1 aromatic heterocycles. The number of phenols is 1. The van der Waals surface area contributed by atoms with Crippen LogP contribution in [0, 0.1) is 13.8 Å². The van der Waals surface area contributed by atoms with Crippen molar-refractivity contribution in [3.63, 3.8) is 0 Å². The third kappa shape index (κ3) is 3.92. The Morgan fingerprint density at radius 3 is 2.52 bits per heavy atom. The number of nitrogens with zero attached hydrogens (tertiary/aromatic N) is 2. The third-order valence-electron chi connectivity index (χ3n) is 4.33. The van der Waals surface area contributed by atoms with Crippen LogP contribution in [0.15, 0.2) is 59.6 Å². The van der Waals surface area contributed by atoms with Gasteiger partial charge in [0.15, 0.2) is 0 Å². The van der Waals surface area contributed by atoms with Crippen molar-refractivity contribution in [2.75, 3.05) is 6.61 Å². The summed E-state index contributed by atoms with van der Waals surface area (Å²) in [5.41, 5.74) is 5.06. The molecule has 3 aromatic rings. The van der Waals surface area contributed by atoms with Crippen LogP contribution in [0.5, 0.6) is 5.75 Å². The van der Waals surface area contributed by atoms with Crippen molar-refractivity contribution in [3.05, 3.63) is 77.1 Å². The Balaban J connectivity index is 1.90. The van der Waals surface area contributed by atoms with Gasteiger partial charge in [-0.2, -0.15) is 0 Å². The van der Waals surface area contributed by atoms with E-state index in [-0.39, 0.29) is 11.7 Å². The molecule has 0 saturated heterocycles. The van der Waals surface area contributed by atoms with Gasteiger partial charge in [0.25, 0.3) is 0 Å². The number of benzene rings is 2. The fourth-order valence-electron chi connectivity index (χ4n) is 2.99. The van der Waals surface area contributed by atoms with Gasteiger partial charge in [-0.3, -0.25) is 4.99 Å². The molecule has 5 nitrogen and oxygen atoms in total. The molecule has 0 aliphatic carbocycles. The van der Waals surface area contributed by atoms with Crippen LogP contribution >= 0.6 is 0 Å². The zero-order valence-electron chi connectivity index (χ0n) is 15.6. The molecular formula is C22H22N2O3. The van der Waals surface area contributed by atoms with E-state index in [1.165, 1.54) is 0 Å². The van der Waals surface area contributed by atoms with E-state index in [2.05, 4.69) is 9.56 Å². The highest BCUT2D eigenvalue weighted by atomic mass is 16.5. The lowest BCUT2D eigenvalue weighted by molar-refractivity contribution is 0.0526. The summed E-state index contributed by atoms with van der Waals surface area (Å²) >= 11 is 0. The first-order valence-electron chi connectivity index (χ1n) is 8.80. The molecule has 0 aliphatic rings. The standard InChI is InChI=1S/C22H22N2O3/c1-4-27-22(26)17-9-11-19(12-10-17)24-15(2)13-18(16(24)3)14-23-20-7-5-6-8-21(20)25/h5-14,25H,4H2,1-3H3. The van der Waals surface area contributed by atoms with E-state index < -0.39 is 0 Å². The summed E-state index contributed by atoms with van der Waals surface area (Å²) in [5, 5.41) is 9.85. The minimum Gasteiger partial charge on any atom is -0.506 e. The van der Waals surface area contributed by atoms with Gasteiger partial charge in [-0.15, -0.1) is 0 Å². The van der Waals surface area contributed by atoms with Crippen molar-refractivity contribution in [2.45, 2.75) is 20.8 Å². The second-order valence-corrected chi connectivity index (χ2v) is 6.18. The second-order valence-electron chi connectivity index (χ2n) is 6.18. The highest BCUT2D eigenvalue weighted by molar-refractivity contribution is 5.89. The maximum atomic E-state index is 11.8. The van der Waals surface area contributed by atoms with E-state index in [1.54, 1.807) is 43.5 Å². The van der Waals surface area contributed by atoms with Crippen LogP contribution in [0.25, 0.3) is 5.69 Å². The van der Waals surface area contributed by atoms with Gasteiger partial charge in [0.2, 0.25) is 0 Å². The minimum absolute atomic E-state index is 0.150. The number of para-hydroxylation sites is 2. The van der Waals surface area contributed by atoms with E-state index >= 15 is 0 Å². The summed E-state index contributed by atoms with van der Waals surface area (Å²) in [6, 6.07) is 16.3. The fourth-order valence-corrected chi connectivity index (χ4v) is 2.99. The summed E-state index contributed by atoms with van der Waals surface area (Å²) in [4.78, 5) is 16.2. The lowest BCUT2D eigenvalue weighted by atomic mass is 10.2. The van der Waals surface area contributed by atoms with Crippen molar-refractivity contribution in [3.8, 4) is 11.4 Å². The molecule has 2 aromatic carbocycles. The van der Waals surface area contributed by atoms with Gasteiger partial charge in [0.05, 0.1) is 12.2 Å². The predicted molar refractivity (Wildman–Crippen MR) is 107 cm³/mol. The number of aromatic nitrogens is 1. The van der Waals surface area contributed by atoms with Crippen LogP contribution in [0.4, 0.5) is 5.69 Å². The molecule has 1 N–H and O–H groups in total. The minimum atomic E-state index is -0.319. The summed E-state index contributed by atoms with van der Waals surface area (Å²) < 4.78 is 7.12. The van der Waals surface area contributed by atoms with Crippen LogP contribution < -0.4 is 0 Å². The Labute approximate surface area is 158 Å². The highest BCUT2D eigenvalue weighted by Gasteiger charge is 2.11. The van der Waals surface area contributed by atoms with Crippen LogP contribution in [-0.2, 0) is 4.74 Å². The molecule has 0 amide bonds. The van der Waals surface area contributed by atoms with E-state index in [4.69, 9.17) is 4.74 Å². The molecule has 0 fully saturated rings. The largest absolute Gasteiger partial charge is 0.506 e. The number of aliphatic imine (C=N–C) groups is 1. The number of phenolic OH excluding ortho intramolecular Hbond substituents is 1. The number of aryl methyl sites for hydroxylation is 1. The van der Waals surface area contributed by atoms with Gasteiger partial charge in [-0.1, -0.05) is 12.1 Å². The van der Waals surface area contributed by atoms with Crippen LogP contribution in [0.2, 0.25) is 0 Å². The average molecular weight is 362 g/mol. The number of esters is 1. The highest BCUT2D eigenvalue weighted by Crippen LogP contribution is 2.26. The average Bonchev–Trinajstić information content (AvgIpc) is 2.95. The quantitative estimate of drug-likeness (QED) is 0.527. The molecule has 1 heterocycles. The Bertz CT molecular complexity index is 985. The predicted octanol–water partition coefficient (Wildman–Crippen LogP) is 4.73. The second kappa shape index (κ2) is 7.91. The van der Waals surface area contributed by atoms with Crippen molar-refractivity contribution < 1.29 is 14.6 Å². The molecule has 0 aliphatic heterocycles. The molecule has 0 saturated carbocycles. The van der Waals surface area contributed by atoms with E-state index in [9.17, 15) is 9.90 Å². The van der Waals surface area contributed by atoms with Crippen molar-refractivity contribution in [2.24, 2.45) is 4.99 Å². The lowest BCUT2D eigenvalue weighted by Gasteiger charge is -2.10. The van der Waals surface area contributed by atoms with E-state index in [0.29, 0.717) is 17.9 Å². The molecule has 5 heteroatoms. The third-order valence-corrected chi connectivity index (χ3v) is 4.33. The number of ether oxygens (including phenoxy) is 1. The van der Waals surface area contributed by atoms with Gasteiger partial charge in [-0.05, 0) is 63.2 Å². The SMILES string of the molecule is CCOC(=O)c1ccc(-n2c(C)cc(C=Nc3ccccc3O)c2C)cc1. The van der Waals surface area contributed by atoms with Gasteiger partial charge < -0.3 is 14.4 Å². The molecular weight excluding hydrogens is 340 g/mol. The van der Waals surface area contributed by atoms with Crippen LogP contribution in [-0.4, -0.2) is 28.5 Å². The Morgan fingerprint density at radius 1 is 1.15 bits per heavy atom. The maximum Gasteiger partial charge on any atom is 0.338 e. The van der Waals surface area contributed by atoms with Gasteiger partial charge in [-0.25, -0.2) is 4.79 Å². The molecule has 0 bridgehead atoms. The van der Waals surface area contributed by atoms with Crippen LogP contribution in [0.3, 0.4) is 0 Å². The first kappa shape index (κ1) is 18.5. The van der Waals surface area contributed by atoms with E-state index in [1.807, 2.05) is 38.1 Å². The lowest BCUT2D eigenvalue weighted by Crippen LogP contribution is -2.05. The number of hydrogen-bond acceptors (Lipinski definition) is 4. The first-order valence-corrected chi connectivity index (χ1v) is 8.80. The number of carbonyl (C=O) groups excluding carboxylic acids is 1. The molecule has 3 rings (SSSR count). The Hall–Kier alpha value is -3.34. The molecule has 0 spiro atoms. The number of aromatic hydroxyl groups is 1. The van der Waals surface area contributed by atoms with Crippen molar-refractivity contribution in [1.29, 1.82) is 0 Å². The fraction of sp³-hybridized carbons (Fsp3) is 0.182. The molecule has 138 valence electrons. The number of carbonyl (C=O) groups is 1. The zero-order valence-corrected chi connectivity index (χ0v) is 15.6. The van der Waals surface area contributed by atoms with Crippen molar-refractivity contribution in [1.82, 2.24) is 4.57 Å². The normalized spacial score (nSPS) is 11.1. The van der Waals surface area contributed by atoms with Gasteiger partial charge >= 0.3 is 5.97 Å². The molecule has 0 atom stereocenters. The molecule has 27 heavy (non-hydrogen) atoms. The maximum absolute atomic E-state index is 11.8. The summed E-state index contributed by atoms with van der Waals surface area (Å²) in [7, 11) is 0. The van der Waals surface area contributed by atoms with E-state index in [0.717, 1.165) is 22.6 Å². The summed E-state index contributed by atoms with van der Waals surface area (Å²) in [5.74, 6) is -0.169. The van der Waals surface area contributed by atoms with Gasteiger partial charge in [0, 0.05) is 28.9 Å². The topological polar surface area (TPSA) is 63.8 Å². The monoisotopic (exact) mass is 362 g/mol. The summed E-state index contributed by atoms with van der Waals surface area (Å²) in [6.07, 6.45) is 1.75. The molecule has 0 radical (unpaired) electrons. The molecule has 0 unspecified atom stereocenters. The number of rotatable bonds is 5. The zero-order chi connectivity index (χ0) is 19.4. The first-order chi connectivity index (χ1) is 13.0.